The molecular formula is C20H15N3O2S. The normalized spacial score (nSPS) is 10.8. The molecule has 5 nitrogen and oxygen atoms in total. The lowest BCUT2D eigenvalue weighted by Gasteiger charge is -2.08. The first-order chi connectivity index (χ1) is 12.7. The predicted octanol–water partition coefficient (Wildman–Crippen LogP) is 3.76. The Kier molecular flexibility index (Phi) is 4.33. The van der Waals surface area contributed by atoms with Crippen molar-refractivity contribution < 1.29 is 4.79 Å². The number of nitrogens with one attached hydrogen (secondary N) is 1. The van der Waals surface area contributed by atoms with Gasteiger partial charge in [0.1, 0.15) is 11.4 Å². The maximum absolute atomic E-state index is 12.3. The van der Waals surface area contributed by atoms with Crippen LogP contribution in [-0.4, -0.2) is 15.5 Å². The smallest absolute Gasteiger partial charge is 0.262 e. The highest BCUT2D eigenvalue weighted by atomic mass is 32.1. The van der Waals surface area contributed by atoms with Crippen molar-refractivity contribution >= 4 is 33.1 Å². The molecule has 2 heterocycles. The lowest BCUT2D eigenvalue weighted by molar-refractivity contribution is -0.116. The molecule has 1 amide bonds. The number of carbonyl (C=O) groups is 1. The number of nitrogens with zero attached hydrogens (tertiary/aromatic N) is 2. The SMILES string of the molecule is O=C(Cn1cnc2sccc2c1=O)Nc1ccc(-c2ccccc2)cc1. The van der Waals surface area contributed by atoms with Crippen LogP contribution in [0.25, 0.3) is 21.3 Å². The van der Waals surface area contributed by atoms with Crippen LogP contribution in [0.1, 0.15) is 0 Å². The van der Waals surface area contributed by atoms with E-state index in [9.17, 15) is 9.59 Å². The zero-order valence-corrected chi connectivity index (χ0v) is 14.6. The molecule has 4 aromatic rings. The van der Waals surface area contributed by atoms with Crippen molar-refractivity contribution in [3.05, 3.63) is 82.7 Å². The Labute approximate surface area is 153 Å². The second-order valence-electron chi connectivity index (χ2n) is 5.81. The number of hydrogen-bond donors (Lipinski definition) is 1. The third kappa shape index (κ3) is 3.27. The van der Waals surface area contributed by atoms with Gasteiger partial charge in [0, 0.05) is 5.69 Å². The van der Waals surface area contributed by atoms with E-state index in [0.29, 0.717) is 15.9 Å². The summed E-state index contributed by atoms with van der Waals surface area (Å²) in [4.78, 5) is 29.5. The number of aromatic nitrogens is 2. The lowest BCUT2D eigenvalue weighted by Crippen LogP contribution is -2.27. The number of fused-ring (bicyclic) bond motifs is 1. The molecule has 0 radical (unpaired) electrons. The van der Waals surface area contributed by atoms with E-state index in [4.69, 9.17) is 0 Å². The van der Waals surface area contributed by atoms with Gasteiger partial charge in [-0.2, -0.15) is 0 Å². The molecule has 0 unspecified atom stereocenters. The molecule has 0 saturated carbocycles. The molecular weight excluding hydrogens is 346 g/mol. The summed E-state index contributed by atoms with van der Waals surface area (Å²) < 4.78 is 1.32. The Morgan fingerprint density at radius 3 is 2.50 bits per heavy atom. The highest BCUT2D eigenvalue weighted by molar-refractivity contribution is 7.16. The van der Waals surface area contributed by atoms with E-state index in [1.165, 1.54) is 22.2 Å². The van der Waals surface area contributed by atoms with Gasteiger partial charge in [-0.15, -0.1) is 11.3 Å². The van der Waals surface area contributed by atoms with Gasteiger partial charge in [0.2, 0.25) is 5.91 Å². The van der Waals surface area contributed by atoms with Crippen LogP contribution < -0.4 is 10.9 Å². The van der Waals surface area contributed by atoms with Crippen LogP contribution >= 0.6 is 11.3 Å². The maximum atomic E-state index is 12.3. The average Bonchev–Trinajstić information content (AvgIpc) is 3.15. The molecule has 0 aliphatic carbocycles. The van der Waals surface area contributed by atoms with Crippen LogP contribution in [0.3, 0.4) is 0 Å². The van der Waals surface area contributed by atoms with E-state index in [-0.39, 0.29) is 18.0 Å². The number of hydrogen-bond acceptors (Lipinski definition) is 4. The van der Waals surface area contributed by atoms with Crippen molar-refractivity contribution in [2.45, 2.75) is 6.54 Å². The van der Waals surface area contributed by atoms with Gasteiger partial charge in [0.05, 0.1) is 11.7 Å². The molecule has 0 bridgehead atoms. The van der Waals surface area contributed by atoms with E-state index in [1.807, 2.05) is 60.0 Å². The molecule has 2 aromatic heterocycles. The van der Waals surface area contributed by atoms with Crippen molar-refractivity contribution in [1.29, 1.82) is 0 Å². The maximum Gasteiger partial charge on any atom is 0.262 e. The Morgan fingerprint density at radius 1 is 1.00 bits per heavy atom. The molecule has 6 heteroatoms. The fraction of sp³-hybridized carbons (Fsp3) is 0.0500. The van der Waals surface area contributed by atoms with E-state index >= 15 is 0 Å². The second kappa shape index (κ2) is 6.93. The summed E-state index contributed by atoms with van der Waals surface area (Å²) in [6.45, 7) is -0.0714. The monoisotopic (exact) mass is 361 g/mol. The van der Waals surface area contributed by atoms with Crippen LogP contribution in [0.15, 0.2) is 77.2 Å². The number of thiophene rings is 1. The summed E-state index contributed by atoms with van der Waals surface area (Å²) in [5, 5.41) is 5.17. The van der Waals surface area contributed by atoms with Gasteiger partial charge in [-0.1, -0.05) is 42.5 Å². The lowest BCUT2D eigenvalue weighted by atomic mass is 10.1. The summed E-state index contributed by atoms with van der Waals surface area (Å²) in [5.74, 6) is -0.268. The van der Waals surface area contributed by atoms with Crippen molar-refractivity contribution in [3.63, 3.8) is 0 Å². The zero-order chi connectivity index (χ0) is 17.9. The topological polar surface area (TPSA) is 64.0 Å². The van der Waals surface area contributed by atoms with Gasteiger partial charge >= 0.3 is 0 Å². The zero-order valence-electron chi connectivity index (χ0n) is 13.8. The Bertz CT molecular complexity index is 1120. The molecule has 0 saturated heterocycles. The predicted molar refractivity (Wildman–Crippen MR) is 104 cm³/mol. The third-order valence-corrected chi connectivity index (χ3v) is 4.86. The van der Waals surface area contributed by atoms with Crippen LogP contribution in [0, 0.1) is 0 Å². The molecule has 128 valence electrons. The summed E-state index contributed by atoms with van der Waals surface area (Å²) in [7, 11) is 0. The standard InChI is InChI=1S/C20H15N3O2S/c24-18(12-23-13-21-19-17(20(23)25)10-11-26-19)22-16-8-6-15(7-9-16)14-4-2-1-3-5-14/h1-11,13H,12H2,(H,22,24). The number of carbonyl (C=O) groups excluding carboxylic acids is 1. The molecule has 0 aliphatic heterocycles. The second-order valence-corrected chi connectivity index (χ2v) is 6.70. The minimum atomic E-state index is -0.268. The first kappa shape index (κ1) is 16.2. The van der Waals surface area contributed by atoms with Crippen molar-refractivity contribution in [2.75, 3.05) is 5.32 Å². The van der Waals surface area contributed by atoms with Gasteiger partial charge in [0.25, 0.3) is 5.56 Å². The van der Waals surface area contributed by atoms with Gasteiger partial charge in [0.15, 0.2) is 0 Å². The van der Waals surface area contributed by atoms with Gasteiger partial charge in [-0.25, -0.2) is 4.98 Å². The minimum absolute atomic E-state index is 0.0714. The van der Waals surface area contributed by atoms with E-state index in [0.717, 1.165) is 11.1 Å². The first-order valence-corrected chi connectivity index (χ1v) is 8.97. The van der Waals surface area contributed by atoms with Gasteiger partial charge in [-0.3, -0.25) is 14.2 Å². The van der Waals surface area contributed by atoms with E-state index in [1.54, 1.807) is 6.07 Å². The summed E-state index contributed by atoms with van der Waals surface area (Å²) in [6, 6.07) is 19.4. The summed E-state index contributed by atoms with van der Waals surface area (Å²) >= 11 is 1.41. The molecule has 0 spiro atoms. The van der Waals surface area contributed by atoms with Gasteiger partial charge < -0.3 is 5.32 Å². The van der Waals surface area contributed by atoms with Crippen LogP contribution in [0.2, 0.25) is 0 Å². The largest absolute Gasteiger partial charge is 0.325 e. The molecule has 4 rings (SSSR count). The number of amides is 1. The highest BCUT2D eigenvalue weighted by Gasteiger charge is 2.09. The van der Waals surface area contributed by atoms with Crippen LogP contribution in [0.5, 0.6) is 0 Å². The van der Waals surface area contributed by atoms with Crippen molar-refractivity contribution in [1.82, 2.24) is 9.55 Å². The van der Waals surface area contributed by atoms with E-state index in [2.05, 4.69) is 10.3 Å². The Hall–Kier alpha value is -3.25. The molecule has 0 atom stereocenters. The van der Waals surface area contributed by atoms with E-state index < -0.39 is 0 Å². The average molecular weight is 361 g/mol. The van der Waals surface area contributed by atoms with Crippen molar-refractivity contribution in [2.24, 2.45) is 0 Å². The molecule has 2 aromatic carbocycles. The van der Waals surface area contributed by atoms with Crippen LogP contribution in [0.4, 0.5) is 5.69 Å². The molecule has 0 aliphatic rings. The fourth-order valence-corrected chi connectivity index (χ4v) is 3.46. The molecule has 0 fully saturated rings. The molecule has 26 heavy (non-hydrogen) atoms. The minimum Gasteiger partial charge on any atom is -0.325 e. The highest BCUT2D eigenvalue weighted by Crippen LogP contribution is 2.21. The number of rotatable bonds is 4. The summed E-state index contributed by atoms with van der Waals surface area (Å²) in [5.41, 5.74) is 2.68. The summed E-state index contributed by atoms with van der Waals surface area (Å²) in [6.07, 6.45) is 1.42. The number of anilines is 1. The number of benzene rings is 2. The Morgan fingerprint density at radius 2 is 1.73 bits per heavy atom. The first-order valence-electron chi connectivity index (χ1n) is 8.09. The van der Waals surface area contributed by atoms with Crippen LogP contribution in [-0.2, 0) is 11.3 Å². The van der Waals surface area contributed by atoms with Crippen molar-refractivity contribution in [3.8, 4) is 11.1 Å². The van der Waals surface area contributed by atoms with Gasteiger partial charge in [-0.05, 0) is 34.7 Å². The quantitative estimate of drug-likeness (QED) is 0.602. The third-order valence-electron chi connectivity index (χ3n) is 4.04. The Balaban J connectivity index is 1.47. The molecule has 1 N–H and O–H groups in total. The fourth-order valence-electron chi connectivity index (χ4n) is 2.74.